The molecule has 0 bridgehead atoms. The van der Waals surface area contributed by atoms with Crippen molar-refractivity contribution in [1.29, 1.82) is 0 Å². The Morgan fingerprint density at radius 1 is 0.396 bits per heavy atom. The summed E-state index contributed by atoms with van der Waals surface area (Å²) < 4.78 is 6.63. The van der Waals surface area contributed by atoms with Gasteiger partial charge in [-0.15, -0.1) is 0 Å². The summed E-state index contributed by atoms with van der Waals surface area (Å²) in [5.41, 5.74) is 9.73. The van der Waals surface area contributed by atoms with Crippen LogP contribution in [-0.2, 0) is 0 Å². The van der Waals surface area contributed by atoms with Crippen molar-refractivity contribution in [3.63, 3.8) is 0 Å². The summed E-state index contributed by atoms with van der Waals surface area (Å²) in [6.45, 7) is 0. The Labute approximate surface area is 278 Å². The second-order valence-electron chi connectivity index (χ2n) is 11.8. The highest BCUT2D eigenvalue weighted by molar-refractivity contribution is 6.20. The summed E-state index contributed by atoms with van der Waals surface area (Å²) in [5, 5.41) is 4.24. The number of benzene rings is 7. The Morgan fingerprint density at radius 2 is 0.917 bits per heavy atom. The van der Waals surface area contributed by atoms with Crippen molar-refractivity contribution in [2.75, 3.05) is 4.90 Å². The van der Waals surface area contributed by atoms with E-state index < -0.39 is 0 Å². The van der Waals surface area contributed by atoms with E-state index >= 15 is 0 Å². The molecule has 2 aromatic heterocycles. The van der Waals surface area contributed by atoms with E-state index in [1.807, 2.05) is 42.5 Å². The van der Waals surface area contributed by atoms with Crippen LogP contribution in [-0.4, -0.2) is 9.97 Å². The Balaban J connectivity index is 1.28. The van der Waals surface area contributed by atoms with Gasteiger partial charge in [-0.25, -0.2) is 9.97 Å². The molecule has 0 amide bonds. The molecule has 0 fully saturated rings. The van der Waals surface area contributed by atoms with Crippen LogP contribution in [0.15, 0.2) is 180 Å². The first-order chi connectivity index (χ1) is 23.8. The van der Waals surface area contributed by atoms with Crippen LogP contribution >= 0.6 is 0 Å². The quantitative estimate of drug-likeness (QED) is 0.187. The Hall–Kier alpha value is -6.52. The summed E-state index contributed by atoms with van der Waals surface area (Å²) >= 11 is 0. The Kier molecular flexibility index (Phi) is 6.76. The predicted octanol–water partition coefficient (Wildman–Crippen LogP) is 12.0. The molecule has 0 spiro atoms. The van der Waals surface area contributed by atoms with Gasteiger partial charge in [0, 0.05) is 49.6 Å². The number of rotatable bonds is 6. The highest BCUT2D eigenvalue weighted by Gasteiger charge is 2.21. The number of nitrogens with zero attached hydrogens (tertiary/aromatic N) is 3. The van der Waals surface area contributed by atoms with Gasteiger partial charge in [0.1, 0.15) is 11.2 Å². The number of furan rings is 1. The van der Waals surface area contributed by atoms with Crippen molar-refractivity contribution in [2.45, 2.75) is 0 Å². The minimum absolute atomic E-state index is 0.669. The molecule has 0 N–H and O–H groups in total. The Morgan fingerprint density at radius 3 is 1.50 bits per heavy atom. The van der Waals surface area contributed by atoms with E-state index in [0.717, 1.165) is 77.9 Å². The highest BCUT2D eigenvalue weighted by atomic mass is 16.3. The van der Waals surface area contributed by atoms with Gasteiger partial charge in [0.2, 0.25) is 0 Å². The molecule has 0 radical (unpaired) electrons. The lowest BCUT2D eigenvalue weighted by Crippen LogP contribution is -2.10. The molecule has 0 atom stereocenters. The van der Waals surface area contributed by atoms with E-state index in [1.54, 1.807) is 0 Å². The van der Waals surface area contributed by atoms with Crippen molar-refractivity contribution in [3.8, 4) is 33.9 Å². The summed E-state index contributed by atoms with van der Waals surface area (Å²) in [6, 6.07) is 60.7. The van der Waals surface area contributed by atoms with E-state index in [2.05, 4.69) is 138 Å². The zero-order chi connectivity index (χ0) is 31.9. The van der Waals surface area contributed by atoms with Gasteiger partial charge in [0.25, 0.3) is 0 Å². The minimum Gasteiger partial charge on any atom is -0.455 e. The molecular formula is C44H29N3O. The number of fused-ring (bicyclic) bond motifs is 5. The fourth-order valence-electron chi connectivity index (χ4n) is 6.57. The molecule has 7 aromatic carbocycles. The van der Waals surface area contributed by atoms with Gasteiger partial charge in [0.05, 0.1) is 17.1 Å². The smallest absolute Gasteiger partial charge is 0.160 e. The topological polar surface area (TPSA) is 42.2 Å². The van der Waals surface area contributed by atoms with Gasteiger partial charge in [-0.05, 0) is 54.6 Å². The van der Waals surface area contributed by atoms with E-state index in [1.165, 1.54) is 0 Å². The summed E-state index contributed by atoms with van der Waals surface area (Å²) in [7, 11) is 0. The van der Waals surface area contributed by atoms with Gasteiger partial charge in [-0.1, -0.05) is 121 Å². The van der Waals surface area contributed by atoms with Crippen LogP contribution in [0.3, 0.4) is 0 Å². The molecule has 0 unspecified atom stereocenters. The van der Waals surface area contributed by atoms with E-state index in [4.69, 9.17) is 14.4 Å². The largest absolute Gasteiger partial charge is 0.455 e. The molecule has 0 saturated heterocycles. The molecule has 9 rings (SSSR count). The molecule has 0 saturated carbocycles. The van der Waals surface area contributed by atoms with E-state index in [-0.39, 0.29) is 0 Å². The maximum absolute atomic E-state index is 6.63. The molecule has 4 heteroatoms. The van der Waals surface area contributed by atoms with Crippen molar-refractivity contribution in [1.82, 2.24) is 9.97 Å². The van der Waals surface area contributed by atoms with Crippen LogP contribution in [0.4, 0.5) is 17.1 Å². The second kappa shape index (κ2) is 11.7. The predicted molar refractivity (Wildman–Crippen MR) is 198 cm³/mol. The second-order valence-corrected chi connectivity index (χ2v) is 11.8. The van der Waals surface area contributed by atoms with Crippen LogP contribution in [0.2, 0.25) is 0 Å². The summed E-state index contributed by atoms with van der Waals surface area (Å²) in [5.74, 6) is 0.669. The number of hydrogen-bond donors (Lipinski definition) is 0. The maximum Gasteiger partial charge on any atom is 0.160 e. The van der Waals surface area contributed by atoms with Crippen molar-refractivity contribution < 1.29 is 4.42 Å². The number of aromatic nitrogens is 2. The van der Waals surface area contributed by atoms with Crippen LogP contribution in [0.5, 0.6) is 0 Å². The van der Waals surface area contributed by atoms with Crippen molar-refractivity contribution in [3.05, 3.63) is 176 Å². The number of anilines is 3. The average Bonchev–Trinajstić information content (AvgIpc) is 3.54. The minimum atomic E-state index is 0.669. The molecular weight excluding hydrogens is 587 g/mol. The lowest BCUT2D eigenvalue weighted by molar-refractivity contribution is 0.672. The number of para-hydroxylation sites is 2. The highest BCUT2D eigenvalue weighted by Crippen LogP contribution is 2.44. The van der Waals surface area contributed by atoms with Gasteiger partial charge in [-0.3, -0.25) is 0 Å². The normalized spacial score (nSPS) is 11.3. The standard InChI is InChI=1S/C44H29N3O/c1-5-15-30(16-6-1)39-29-40(31-17-7-2-8-18-31)46-44(45-39)32-25-26-42-37(27-32)38-28-41(35-23-13-14-24-36(35)43(38)48-42)47(33-19-9-3-10-20-33)34-21-11-4-12-22-34/h1-29H. The molecule has 48 heavy (non-hydrogen) atoms. The van der Waals surface area contributed by atoms with Gasteiger partial charge in [0.15, 0.2) is 5.82 Å². The molecule has 0 aliphatic carbocycles. The zero-order valence-corrected chi connectivity index (χ0v) is 26.0. The van der Waals surface area contributed by atoms with E-state index in [0.29, 0.717) is 5.82 Å². The molecule has 2 heterocycles. The maximum atomic E-state index is 6.63. The lowest BCUT2D eigenvalue weighted by Gasteiger charge is -2.27. The SMILES string of the molecule is c1ccc(-c2cc(-c3ccccc3)nc(-c3ccc4oc5c6ccccc6c(N(c6ccccc6)c6ccccc6)cc5c4c3)n2)cc1. The molecule has 9 aromatic rings. The van der Waals surface area contributed by atoms with Crippen LogP contribution < -0.4 is 4.90 Å². The first-order valence-corrected chi connectivity index (χ1v) is 16.1. The van der Waals surface area contributed by atoms with Gasteiger partial charge in [-0.2, -0.15) is 0 Å². The Bertz CT molecular complexity index is 2450. The van der Waals surface area contributed by atoms with E-state index in [9.17, 15) is 0 Å². The third-order valence-electron chi connectivity index (χ3n) is 8.85. The van der Waals surface area contributed by atoms with Crippen LogP contribution in [0.1, 0.15) is 0 Å². The van der Waals surface area contributed by atoms with Gasteiger partial charge >= 0.3 is 0 Å². The molecule has 0 aliphatic heterocycles. The zero-order valence-electron chi connectivity index (χ0n) is 26.0. The van der Waals surface area contributed by atoms with Crippen molar-refractivity contribution >= 4 is 49.8 Å². The first-order valence-electron chi connectivity index (χ1n) is 16.1. The van der Waals surface area contributed by atoms with Crippen LogP contribution in [0, 0.1) is 0 Å². The van der Waals surface area contributed by atoms with Gasteiger partial charge < -0.3 is 9.32 Å². The average molecular weight is 616 g/mol. The summed E-state index contributed by atoms with van der Waals surface area (Å²) in [6.07, 6.45) is 0. The lowest BCUT2D eigenvalue weighted by atomic mass is 10.0. The van der Waals surface area contributed by atoms with Crippen molar-refractivity contribution in [2.24, 2.45) is 0 Å². The van der Waals surface area contributed by atoms with Crippen LogP contribution in [0.25, 0.3) is 66.6 Å². The third-order valence-corrected chi connectivity index (χ3v) is 8.85. The molecule has 4 nitrogen and oxygen atoms in total. The molecule has 0 aliphatic rings. The first kappa shape index (κ1) is 27.8. The fraction of sp³-hybridized carbons (Fsp3) is 0. The third kappa shape index (κ3) is 4.88. The monoisotopic (exact) mass is 615 g/mol. The fourth-order valence-corrected chi connectivity index (χ4v) is 6.57. The number of hydrogen-bond acceptors (Lipinski definition) is 4. The summed E-state index contributed by atoms with van der Waals surface area (Å²) in [4.78, 5) is 12.5. The molecule has 226 valence electrons.